The SMILES string of the molecule is Cc1[nH]c(C=C2c3cc(CNC(C)c4ccc(F)cc4)ccc3NC2O)c(C)c1C(=O)NCCN1CCCC1. The van der Waals surface area contributed by atoms with Crippen LogP contribution >= 0.6 is 0 Å². The van der Waals surface area contributed by atoms with E-state index in [0.29, 0.717) is 18.7 Å². The number of H-pyrrole nitrogens is 1. The van der Waals surface area contributed by atoms with E-state index in [2.05, 4.69) is 31.9 Å². The number of anilines is 1. The fourth-order valence-corrected chi connectivity index (χ4v) is 5.57. The zero-order valence-electron chi connectivity index (χ0n) is 22.9. The predicted molar refractivity (Wildman–Crippen MR) is 154 cm³/mol. The van der Waals surface area contributed by atoms with Gasteiger partial charge in [-0.25, -0.2) is 4.39 Å². The summed E-state index contributed by atoms with van der Waals surface area (Å²) in [5, 5.41) is 20.5. The van der Waals surface area contributed by atoms with Gasteiger partial charge in [0.1, 0.15) is 5.82 Å². The molecule has 1 aromatic heterocycles. The van der Waals surface area contributed by atoms with Gasteiger partial charge in [0.05, 0.1) is 5.56 Å². The average Bonchev–Trinajstić information content (AvgIpc) is 3.61. The molecule has 0 spiro atoms. The quantitative estimate of drug-likeness (QED) is 0.275. The van der Waals surface area contributed by atoms with Crippen molar-refractivity contribution in [2.75, 3.05) is 31.5 Å². The number of nitrogens with one attached hydrogen (secondary N) is 4. The number of nitrogens with zero attached hydrogens (tertiary/aromatic N) is 1. The lowest BCUT2D eigenvalue weighted by molar-refractivity contribution is 0.0948. The van der Waals surface area contributed by atoms with Crippen molar-refractivity contribution >= 4 is 23.2 Å². The van der Waals surface area contributed by atoms with Gasteiger partial charge in [-0.05, 0) is 93.7 Å². The van der Waals surface area contributed by atoms with Gasteiger partial charge in [-0.2, -0.15) is 0 Å². The Bertz CT molecular complexity index is 1360. The van der Waals surface area contributed by atoms with Crippen molar-refractivity contribution in [3.05, 3.63) is 87.5 Å². The first-order valence-corrected chi connectivity index (χ1v) is 13.8. The molecule has 2 aliphatic rings. The average molecular weight is 532 g/mol. The number of fused-ring (bicyclic) bond motifs is 1. The number of benzene rings is 2. The second-order valence-electron chi connectivity index (χ2n) is 10.6. The number of aromatic amines is 1. The summed E-state index contributed by atoms with van der Waals surface area (Å²) in [4.78, 5) is 18.7. The van der Waals surface area contributed by atoms with E-state index in [1.807, 2.05) is 39.0 Å². The number of hydrogen-bond donors (Lipinski definition) is 5. The number of aryl methyl sites for hydroxylation is 1. The highest BCUT2D eigenvalue weighted by Crippen LogP contribution is 2.37. The minimum Gasteiger partial charge on any atom is -0.369 e. The maximum Gasteiger partial charge on any atom is 0.253 e. The summed E-state index contributed by atoms with van der Waals surface area (Å²) in [6, 6.07) is 12.7. The summed E-state index contributed by atoms with van der Waals surface area (Å²) in [5.74, 6) is -0.313. The molecule has 5 rings (SSSR count). The van der Waals surface area contributed by atoms with Gasteiger partial charge in [0.2, 0.25) is 0 Å². The fraction of sp³-hybridized carbons (Fsp3) is 0.387. The van der Waals surface area contributed by atoms with Crippen LogP contribution in [0.4, 0.5) is 10.1 Å². The van der Waals surface area contributed by atoms with E-state index in [4.69, 9.17) is 0 Å². The Morgan fingerprint density at radius 3 is 2.67 bits per heavy atom. The smallest absolute Gasteiger partial charge is 0.253 e. The minimum atomic E-state index is -0.845. The van der Waals surface area contributed by atoms with Crippen molar-refractivity contribution in [1.29, 1.82) is 0 Å². The molecule has 0 aliphatic carbocycles. The van der Waals surface area contributed by atoms with E-state index in [1.165, 1.54) is 25.0 Å². The summed E-state index contributed by atoms with van der Waals surface area (Å²) in [7, 11) is 0. The molecule has 39 heavy (non-hydrogen) atoms. The second kappa shape index (κ2) is 11.7. The van der Waals surface area contributed by atoms with Crippen molar-refractivity contribution < 1.29 is 14.3 Å². The maximum atomic E-state index is 13.3. The molecule has 3 heterocycles. The minimum absolute atomic E-state index is 0.0574. The first-order chi connectivity index (χ1) is 18.8. The molecule has 2 aromatic carbocycles. The number of carbonyl (C=O) groups excluding carboxylic acids is 1. The summed E-state index contributed by atoms with van der Waals surface area (Å²) in [6.07, 6.45) is 3.56. The molecule has 0 bridgehead atoms. The third-order valence-electron chi connectivity index (χ3n) is 7.88. The van der Waals surface area contributed by atoms with Crippen LogP contribution in [0.25, 0.3) is 11.6 Å². The van der Waals surface area contributed by atoms with E-state index >= 15 is 0 Å². The van der Waals surface area contributed by atoms with Gasteiger partial charge in [-0.1, -0.05) is 18.2 Å². The third-order valence-corrected chi connectivity index (χ3v) is 7.88. The molecule has 206 valence electrons. The van der Waals surface area contributed by atoms with Crippen LogP contribution in [-0.4, -0.2) is 53.3 Å². The highest BCUT2D eigenvalue weighted by molar-refractivity contribution is 6.00. The van der Waals surface area contributed by atoms with Crippen molar-refractivity contribution in [3.8, 4) is 0 Å². The van der Waals surface area contributed by atoms with Gasteiger partial charge in [0.15, 0.2) is 6.23 Å². The Balaban J connectivity index is 1.30. The zero-order valence-corrected chi connectivity index (χ0v) is 22.9. The molecule has 1 fully saturated rings. The Kier molecular flexibility index (Phi) is 8.16. The van der Waals surface area contributed by atoms with Crippen LogP contribution in [0.2, 0.25) is 0 Å². The number of rotatable bonds is 9. The number of likely N-dealkylation sites (tertiary alicyclic amines) is 1. The van der Waals surface area contributed by atoms with Crippen molar-refractivity contribution in [1.82, 2.24) is 20.5 Å². The summed E-state index contributed by atoms with van der Waals surface area (Å²) < 4.78 is 13.3. The molecule has 1 amide bonds. The first-order valence-electron chi connectivity index (χ1n) is 13.8. The normalized spacial score (nSPS) is 18.8. The number of aromatic nitrogens is 1. The molecule has 2 atom stereocenters. The Hall–Kier alpha value is -3.46. The van der Waals surface area contributed by atoms with E-state index in [-0.39, 0.29) is 17.8 Å². The van der Waals surface area contributed by atoms with Crippen LogP contribution in [0, 0.1) is 19.7 Å². The number of hydrogen-bond acceptors (Lipinski definition) is 5. The first kappa shape index (κ1) is 27.1. The van der Waals surface area contributed by atoms with Gasteiger partial charge in [0.25, 0.3) is 5.91 Å². The molecule has 3 aromatic rings. The number of amides is 1. The standard InChI is InChI=1S/C31H38FN5O2/c1-19-28(35-21(3)29(19)31(39)33-12-15-37-13-4-5-14-37)17-26-25-16-22(6-11-27(25)36-30(26)38)18-34-20(2)23-7-9-24(32)10-8-23/h6-11,16-17,20,30,34-36,38H,4-5,12-15,18H2,1-3H3,(H,33,39). The third kappa shape index (κ3) is 6.08. The van der Waals surface area contributed by atoms with Gasteiger partial charge >= 0.3 is 0 Å². The maximum absolute atomic E-state index is 13.3. The monoisotopic (exact) mass is 531 g/mol. The molecule has 5 N–H and O–H groups in total. The lowest BCUT2D eigenvalue weighted by atomic mass is 10.0. The Morgan fingerprint density at radius 1 is 1.18 bits per heavy atom. The van der Waals surface area contributed by atoms with Crippen LogP contribution in [0.3, 0.4) is 0 Å². The number of carbonyl (C=O) groups is 1. The van der Waals surface area contributed by atoms with Crippen molar-refractivity contribution in [3.63, 3.8) is 0 Å². The van der Waals surface area contributed by atoms with Crippen LogP contribution in [0.15, 0.2) is 42.5 Å². The lowest BCUT2D eigenvalue weighted by Gasteiger charge is -2.15. The van der Waals surface area contributed by atoms with Crippen molar-refractivity contribution in [2.24, 2.45) is 0 Å². The molecule has 0 saturated carbocycles. The Morgan fingerprint density at radius 2 is 1.92 bits per heavy atom. The molecule has 0 radical (unpaired) electrons. The fourth-order valence-electron chi connectivity index (χ4n) is 5.57. The summed E-state index contributed by atoms with van der Waals surface area (Å²) >= 11 is 0. The van der Waals surface area contributed by atoms with E-state index in [9.17, 15) is 14.3 Å². The number of aliphatic hydroxyl groups excluding tert-OH is 1. The largest absolute Gasteiger partial charge is 0.369 e. The summed E-state index contributed by atoms with van der Waals surface area (Å²) in [5.41, 5.74) is 7.79. The molecular formula is C31H38FN5O2. The predicted octanol–water partition coefficient (Wildman–Crippen LogP) is 4.73. The lowest BCUT2D eigenvalue weighted by Crippen LogP contribution is -2.33. The van der Waals surface area contributed by atoms with Crippen LogP contribution < -0.4 is 16.0 Å². The van der Waals surface area contributed by atoms with E-state index < -0.39 is 6.23 Å². The van der Waals surface area contributed by atoms with Crippen LogP contribution in [-0.2, 0) is 6.54 Å². The van der Waals surface area contributed by atoms with Gasteiger partial charge in [-0.3, -0.25) is 4.79 Å². The second-order valence-corrected chi connectivity index (χ2v) is 10.6. The molecule has 1 saturated heterocycles. The highest BCUT2D eigenvalue weighted by Gasteiger charge is 2.26. The number of aliphatic hydroxyl groups is 1. The summed E-state index contributed by atoms with van der Waals surface area (Å²) in [6.45, 7) is 10.3. The topological polar surface area (TPSA) is 92.4 Å². The zero-order chi connectivity index (χ0) is 27.5. The molecule has 8 heteroatoms. The van der Waals surface area contributed by atoms with E-state index in [0.717, 1.165) is 64.5 Å². The van der Waals surface area contributed by atoms with Crippen LogP contribution in [0.5, 0.6) is 0 Å². The molecule has 2 aliphatic heterocycles. The molecule has 2 unspecified atom stereocenters. The van der Waals surface area contributed by atoms with E-state index in [1.54, 1.807) is 12.1 Å². The Labute approximate surface area is 229 Å². The van der Waals surface area contributed by atoms with Gasteiger partial charge < -0.3 is 30.9 Å². The molecule has 7 nitrogen and oxygen atoms in total. The van der Waals surface area contributed by atoms with Gasteiger partial charge in [-0.15, -0.1) is 0 Å². The molecular weight excluding hydrogens is 493 g/mol. The number of halogens is 1. The van der Waals surface area contributed by atoms with Crippen LogP contribution in [0.1, 0.15) is 69.8 Å². The van der Waals surface area contributed by atoms with Crippen molar-refractivity contribution in [2.45, 2.75) is 52.4 Å². The van der Waals surface area contributed by atoms with Gasteiger partial charge in [0, 0.05) is 53.9 Å². The highest BCUT2D eigenvalue weighted by atomic mass is 19.1.